The minimum Gasteiger partial charge on any atom is -0.0968 e. The summed E-state index contributed by atoms with van der Waals surface area (Å²) in [4.78, 5) is 0. The zero-order chi connectivity index (χ0) is 15.8. The van der Waals surface area contributed by atoms with Crippen molar-refractivity contribution in [2.45, 2.75) is 103 Å². The molecule has 0 amide bonds. The van der Waals surface area contributed by atoms with Gasteiger partial charge in [-0.1, -0.05) is 67.7 Å². The fourth-order valence-electron chi connectivity index (χ4n) is 3.12. The smallest absolute Gasteiger partial charge is 0.0286 e. The van der Waals surface area contributed by atoms with E-state index in [1.165, 1.54) is 25.7 Å². The first-order chi connectivity index (χ1) is 8.75. The summed E-state index contributed by atoms with van der Waals surface area (Å²) in [5, 5.41) is 0. The van der Waals surface area contributed by atoms with Gasteiger partial charge in [-0.25, -0.2) is 0 Å². The van der Waals surface area contributed by atoms with Crippen LogP contribution in [0.15, 0.2) is 0 Å². The molecule has 0 heteroatoms. The molecule has 2 aliphatic rings. The van der Waals surface area contributed by atoms with Gasteiger partial charge in [0, 0.05) is 10.8 Å². The maximum atomic E-state index is 3.39. The van der Waals surface area contributed by atoms with Crippen molar-refractivity contribution in [1.82, 2.24) is 0 Å². The summed E-state index contributed by atoms with van der Waals surface area (Å²) in [5.41, 5.74) is 1.74. The summed E-state index contributed by atoms with van der Waals surface area (Å²) in [6, 6.07) is 0. The van der Waals surface area contributed by atoms with Crippen LogP contribution < -0.4 is 0 Å². The van der Waals surface area contributed by atoms with E-state index in [0.29, 0.717) is 16.2 Å². The number of rotatable bonds is 0. The van der Waals surface area contributed by atoms with Gasteiger partial charge in [-0.15, -0.1) is 0 Å². The Kier molecular flexibility index (Phi) is 8.03. The molecule has 0 aromatic heterocycles. The summed E-state index contributed by atoms with van der Waals surface area (Å²) in [6.45, 7) is 20.5. The van der Waals surface area contributed by atoms with E-state index in [1.54, 1.807) is 0 Å². The van der Waals surface area contributed by atoms with Gasteiger partial charge in [-0.3, -0.25) is 0 Å². The molecule has 132 valence electrons. The molecule has 0 aromatic carbocycles. The first-order valence-electron chi connectivity index (χ1n) is 8.30. The second kappa shape index (κ2) is 7.42. The van der Waals surface area contributed by atoms with E-state index in [2.05, 4.69) is 74.2 Å². The first-order valence-corrected chi connectivity index (χ1v) is 8.30. The van der Waals surface area contributed by atoms with Crippen molar-refractivity contribution >= 4 is 0 Å². The third-order valence-electron chi connectivity index (χ3n) is 4.76. The highest BCUT2D eigenvalue weighted by Crippen LogP contribution is 2.60. The molecule has 0 aromatic rings. The van der Waals surface area contributed by atoms with Crippen LogP contribution in [-0.2, 0) is 0 Å². The quantitative estimate of drug-likeness (QED) is 0.405. The van der Waals surface area contributed by atoms with Gasteiger partial charge in [0.1, 0.15) is 0 Å². The summed E-state index contributed by atoms with van der Waals surface area (Å²) in [7, 11) is 0. The van der Waals surface area contributed by atoms with Crippen LogP contribution in [0.4, 0.5) is 0 Å². The van der Waals surface area contributed by atoms with Gasteiger partial charge < -0.3 is 0 Å². The molecule has 2 saturated carbocycles. The topological polar surface area (TPSA) is 0 Å². The molecule has 2 aliphatic carbocycles. The molecule has 1 unspecified atom stereocenters. The van der Waals surface area contributed by atoms with Crippen molar-refractivity contribution in [2.75, 3.05) is 0 Å². The van der Waals surface area contributed by atoms with Crippen LogP contribution in [0.1, 0.15) is 103 Å². The van der Waals surface area contributed by atoms with E-state index in [1.807, 2.05) is 0 Å². The Bertz CT molecular complexity index is 382. The largest absolute Gasteiger partial charge is 0.0968 e. The van der Waals surface area contributed by atoms with Gasteiger partial charge in [-0.05, 0) is 63.7 Å². The molecule has 0 saturated heterocycles. The minimum absolute atomic E-state index is 0. The Morgan fingerprint density at radius 3 is 1.41 bits per heavy atom. The average Bonchev–Trinajstić information content (AvgIpc) is 2.82. The van der Waals surface area contributed by atoms with Crippen molar-refractivity contribution in [1.29, 1.82) is 0 Å². The van der Waals surface area contributed by atoms with Gasteiger partial charge >= 0.3 is 0 Å². The maximum Gasteiger partial charge on any atom is 0.0286 e. The van der Waals surface area contributed by atoms with E-state index in [9.17, 15) is 0 Å². The van der Waals surface area contributed by atoms with Gasteiger partial charge in [0.05, 0.1) is 0 Å². The van der Waals surface area contributed by atoms with Crippen molar-refractivity contribution in [3.63, 3.8) is 0 Å². The SMILES string of the molecule is C.C.CC(C)(C)C#CC1(C)CCC1.CC(C)(C)C1CC1(C)C. The van der Waals surface area contributed by atoms with Crippen LogP contribution in [0.2, 0.25) is 0 Å². The lowest BCUT2D eigenvalue weighted by molar-refractivity contribution is 0.247. The second-order valence-electron chi connectivity index (χ2n) is 10.0. The lowest BCUT2D eigenvalue weighted by Gasteiger charge is -2.33. The standard InChI is InChI=1S/C11H18.C9H18.2CH4/c1-10(2,3)8-9-11(4)6-5-7-11;1-8(2,3)7-6-9(7,4)5;;/h5-7H2,1-4H3;7H,6H2,1-5H3;2*1H4. The Labute approximate surface area is 142 Å². The molecule has 0 nitrogen and oxygen atoms in total. The van der Waals surface area contributed by atoms with E-state index >= 15 is 0 Å². The molecule has 0 heterocycles. The third-order valence-corrected chi connectivity index (χ3v) is 4.76. The van der Waals surface area contributed by atoms with E-state index in [0.717, 1.165) is 5.92 Å². The van der Waals surface area contributed by atoms with Crippen molar-refractivity contribution in [3.8, 4) is 11.8 Å². The lowest BCUT2D eigenvalue weighted by Crippen LogP contribution is -2.23. The van der Waals surface area contributed by atoms with E-state index < -0.39 is 0 Å². The van der Waals surface area contributed by atoms with E-state index in [-0.39, 0.29) is 20.3 Å². The minimum atomic E-state index is 0. The van der Waals surface area contributed by atoms with Crippen LogP contribution in [0.3, 0.4) is 0 Å². The van der Waals surface area contributed by atoms with Gasteiger partial charge in [0.25, 0.3) is 0 Å². The van der Waals surface area contributed by atoms with Crippen LogP contribution in [0, 0.1) is 39.4 Å². The molecule has 0 spiro atoms. The third kappa shape index (κ3) is 7.71. The van der Waals surface area contributed by atoms with Gasteiger partial charge in [0.2, 0.25) is 0 Å². The van der Waals surface area contributed by atoms with E-state index in [4.69, 9.17) is 0 Å². The van der Waals surface area contributed by atoms with Gasteiger partial charge in [-0.2, -0.15) is 0 Å². The number of hydrogen-bond donors (Lipinski definition) is 0. The maximum absolute atomic E-state index is 3.39. The highest BCUT2D eigenvalue weighted by Gasteiger charge is 2.51. The average molecular weight is 309 g/mol. The van der Waals surface area contributed by atoms with Gasteiger partial charge in [0.15, 0.2) is 0 Å². The summed E-state index contributed by atoms with van der Waals surface area (Å²) >= 11 is 0. The molecule has 1 atom stereocenters. The summed E-state index contributed by atoms with van der Waals surface area (Å²) in [5.74, 6) is 7.66. The Hall–Kier alpha value is -0.440. The molecule has 22 heavy (non-hydrogen) atoms. The molecule has 2 rings (SSSR count). The molecule has 0 bridgehead atoms. The molecule has 0 radical (unpaired) electrons. The van der Waals surface area contributed by atoms with Crippen LogP contribution >= 0.6 is 0 Å². The zero-order valence-electron chi connectivity index (χ0n) is 15.4. The Morgan fingerprint density at radius 1 is 0.864 bits per heavy atom. The van der Waals surface area contributed by atoms with Crippen molar-refractivity contribution in [2.24, 2.45) is 27.6 Å². The monoisotopic (exact) mass is 308 g/mol. The molecular formula is C22H44. The highest BCUT2D eigenvalue weighted by molar-refractivity contribution is 5.17. The Morgan fingerprint density at radius 2 is 1.27 bits per heavy atom. The zero-order valence-corrected chi connectivity index (χ0v) is 15.4. The Balaban J connectivity index is 0. The fraction of sp³-hybridized carbons (Fsp3) is 0.909. The normalized spacial score (nSPS) is 24.0. The lowest BCUT2D eigenvalue weighted by atomic mass is 9.70. The van der Waals surface area contributed by atoms with Crippen LogP contribution in [0.25, 0.3) is 0 Å². The summed E-state index contributed by atoms with van der Waals surface area (Å²) < 4.78 is 0. The highest BCUT2D eigenvalue weighted by atomic mass is 14.6. The van der Waals surface area contributed by atoms with Crippen molar-refractivity contribution in [3.05, 3.63) is 0 Å². The predicted octanol–water partition coefficient (Wildman–Crippen LogP) is 7.58. The van der Waals surface area contributed by atoms with Crippen LogP contribution in [-0.4, -0.2) is 0 Å². The molecule has 0 aliphatic heterocycles. The summed E-state index contributed by atoms with van der Waals surface area (Å²) in [6.07, 6.45) is 5.40. The molecule has 0 N–H and O–H groups in total. The first kappa shape index (κ1) is 23.8. The second-order valence-corrected chi connectivity index (χ2v) is 10.0. The molecule has 2 fully saturated rings. The van der Waals surface area contributed by atoms with Crippen LogP contribution in [0.5, 0.6) is 0 Å². The fourth-order valence-corrected chi connectivity index (χ4v) is 3.12. The number of hydrogen-bond acceptors (Lipinski definition) is 0. The predicted molar refractivity (Wildman–Crippen MR) is 104 cm³/mol. The van der Waals surface area contributed by atoms with Crippen molar-refractivity contribution < 1.29 is 0 Å². The molecular weight excluding hydrogens is 264 g/mol.